The predicted octanol–water partition coefficient (Wildman–Crippen LogP) is 2.22. The number of anilines is 1. The summed E-state index contributed by atoms with van der Waals surface area (Å²) in [7, 11) is 1.83. The third kappa shape index (κ3) is 3.60. The second-order valence-corrected chi connectivity index (χ2v) is 7.93. The van der Waals surface area contributed by atoms with Gasteiger partial charge in [0.25, 0.3) is 11.5 Å². The minimum Gasteiger partial charge on any atom is -0.382 e. The molecule has 0 unspecified atom stereocenters. The number of aromatic amines is 1. The summed E-state index contributed by atoms with van der Waals surface area (Å²) in [4.78, 5) is 34.1. The fourth-order valence-corrected chi connectivity index (χ4v) is 4.20. The molecule has 4 N–H and O–H groups in total. The second-order valence-electron chi connectivity index (χ2n) is 7.93. The van der Waals surface area contributed by atoms with Crippen molar-refractivity contribution in [3.63, 3.8) is 0 Å². The average Bonchev–Trinajstić information content (AvgIpc) is 3.47. The lowest BCUT2D eigenvalue weighted by Gasteiger charge is -2.29. The van der Waals surface area contributed by atoms with Crippen molar-refractivity contribution in [2.45, 2.75) is 6.54 Å². The van der Waals surface area contributed by atoms with Gasteiger partial charge < -0.3 is 20.2 Å². The first kappa shape index (κ1) is 21.1. The standard InChI is InChI=1S/C24H22N8O2/c1-30-13-16(12-28-30)18-11-19(29-22(18)23(26)27-14-25)15-4-2-5-17(10-15)31-8-9-32-20(24(31)34)6-3-7-21(32)33/h2-7,10-14,29H,8-9H2,1H3,(H3,25,26,27). The summed E-state index contributed by atoms with van der Waals surface area (Å²) in [5.74, 6) is -0.0313. The van der Waals surface area contributed by atoms with Crippen LogP contribution in [0.5, 0.6) is 0 Å². The van der Waals surface area contributed by atoms with Crippen molar-refractivity contribution < 1.29 is 4.79 Å². The number of aryl methyl sites for hydroxylation is 1. The van der Waals surface area contributed by atoms with Gasteiger partial charge in [-0.05, 0) is 24.3 Å². The van der Waals surface area contributed by atoms with E-state index in [2.05, 4.69) is 15.1 Å². The molecule has 5 rings (SSSR count). The summed E-state index contributed by atoms with van der Waals surface area (Å²) in [6.45, 7) is 0.828. The number of rotatable bonds is 5. The first-order valence-corrected chi connectivity index (χ1v) is 10.6. The monoisotopic (exact) mass is 454 g/mol. The molecule has 1 aliphatic heterocycles. The number of aromatic nitrogens is 4. The fourth-order valence-electron chi connectivity index (χ4n) is 4.20. The van der Waals surface area contributed by atoms with Crippen LogP contribution in [0, 0.1) is 5.41 Å². The first-order chi connectivity index (χ1) is 16.5. The molecule has 170 valence electrons. The Balaban J connectivity index is 1.55. The number of pyridine rings is 1. The van der Waals surface area contributed by atoms with Crippen molar-refractivity contribution in [1.29, 1.82) is 5.41 Å². The lowest BCUT2D eigenvalue weighted by molar-refractivity contribution is 0.0963. The molecule has 0 saturated carbocycles. The zero-order valence-electron chi connectivity index (χ0n) is 18.4. The molecule has 0 saturated heterocycles. The Kier molecular flexibility index (Phi) is 5.17. The normalized spacial score (nSPS) is 13.7. The Bertz CT molecular complexity index is 1510. The van der Waals surface area contributed by atoms with Gasteiger partial charge in [0.05, 0.1) is 11.9 Å². The zero-order chi connectivity index (χ0) is 23.8. The highest BCUT2D eigenvalue weighted by Crippen LogP contribution is 2.32. The topological polar surface area (TPSA) is 138 Å². The molecule has 0 atom stereocenters. The SMILES string of the molecule is Cn1cc(-c2cc(-c3cccc(N4CCn5c(cccc5=O)C4=O)c3)[nH]c2C(N)=NC=N)cn1. The van der Waals surface area contributed by atoms with E-state index >= 15 is 0 Å². The molecule has 10 heteroatoms. The smallest absolute Gasteiger partial charge is 0.275 e. The van der Waals surface area contributed by atoms with Gasteiger partial charge >= 0.3 is 0 Å². The number of amides is 1. The lowest BCUT2D eigenvalue weighted by atomic mass is 10.1. The summed E-state index contributed by atoms with van der Waals surface area (Å²) in [5.41, 5.74) is 10.9. The van der Waals surface area contributed by atoms with E-state index in [0.29, 0.717) is 24.5 Å². The van der Waals surface area contributed by atoms with Crippen LogP contribution in [0.3, 0.4) is 0 Å². The molecule has 4 heterocycles. The van der Waals surface area contributed by atoms with E-state index in [0.717, 1.165) is 34.4 Å². The van der Waals surface area contributed by atoms with Crippen molar-refractivity contribution >= 4 is 23.8 Å². The highest BCUT2D eigenvalue weighted by atomic mass is 16.2. The molecule has 0 fully saturated rings. The molecule has 3 aromatic heterocycles. The van der Waals surface area contributed by atoms with Gasteiger partial charge in [-0.15, -0.1) is 0 Å². The number of nitrogens with one attached hydrogen (secondary N) is 2. The number of carbonyl (C=O) groups excluding carboxylic acids is 1. The molecule has 34 heavy (non-hydrogen) atoms. The number of hydrogen-bond acceptors (Lipinski definition) is 4. The second kappa shape index (κ2) is 8.32. The molecule has 0 aliphatic carbocycles. The third-order valence-corrected chi connectivity index (χ3v) is 5.82. The minimum atomic E-state index is -0.216. The molecule has 0 radical (unpaired) electrons. The van der Waals surface area contributed by atoms with Gasteiger partial charge in [-0.3, -0.25) is 19.7 Å². The Morgan fingerprint density at radius 1 is 1.15 bits per heavy atom. The Morgan fingerprint density at radius 2 is 1.97 bits per heavy atom. The van der Waals surface area contributed by atoms with Gasteiger partial charge in [-0.25, -0.2) is 4.99 Å². The van der Waals surface area contributed by atoms with Gasteiger partial charge in [0.2, 0.25) is 0 Å². The van der Waals surface area contributed by atoms with Crippen LogP contribution >= 0.6 is 0 Å². The maximum absolute atomic E-state index is 13.1. The molecule has 1 aliphatic rings. The van der Waals surface area contributed by atoms with Crippen LogP contribution in [-0.4, -0.2) is 44.0 Å². The maximum atomic E-state index is 13.1. The number of H-pyrrole nitrogens is 1. The molecule has 10 nitrogen and oxygen atoms in total. The predicted molar refractivity (Wildman–Crippen MR) is 130 cm³/mol. The zero-order valence-corrected chi connectivity index (χ0v) is 18.4. The summed E-state index contributed by atoms with van der Waals surface area (Å²) >= 11 is 0. The molecule has 1 aromatic carbocycles. The number of amidine groups is 1. The van der Waals surface area contributed by atoms with Crippen LogP contribution in [0.1, 0.15) is 16.2 Å². The largest absolute Gasteiger partial charge is 0.382 e. The fraction of sp³-hybridized carbons (Fsp3) is 0.125. The number of aliphatic imine (C=N–C) groups is 1. The number of benzene rings is 1. The molecular formula is C24H22N8O2. The maximum Gasteiger partial charge on any atom is 0.275 e. The molecule has 0 bridgehead atoms. The van der Waals surface area contributed by atoms with Crippen LogP contribution in [-0.2, 0) is 13.6 Å². The highest BCUT2D eigenvalue weighted by molar-refractivity contribution is 6.07. The van der Waals surface area contributed by atoms with Crippen LogP contribution in [0.2, 0.25) is 0 Å². The minimum absolute atomic E-state index is 0.176. The van der Waals surface area contributed by atoms with E-state index in [-0.39, 0.29) is 17.3 Å². The van der Waals surface area contributed by atoms with Crippen LogP contribution in [0.25, 0.3) is 22.4 Å². The summed E-state index contributed by atoms with van der Waals surface area (Å²) in [6, 6.07) is 14.3. The molecular weight excluding hydrogens is 432 g/mol. The van der Waals surface area contributed by atoms with Gasteiger partial charge in [-0.1, -0.05) is 18.2 Å². The van der Waals surface area contributed by atoms with Crippen molar-refractivity contribution in [2.24, 2.45) is 17.8 Å². The van der Waals surface area contributed by atoms with Gasteiger partial charge in [-0.2, -0.15) is 5.10 Å². The lowest BCUT2D eigenvalue weighted by Crippen LogP contribution is -2.44. The van der Waals surface area contributed by atoms with Crippen molar-refractivity contribution in [2.75, 3.05) is 11.4 Å². The molecule has 1 amide bonds. The van der Waals surface area contributed by atoms with Crippen LogP contribution in [0.15, 0.2) is 70.7 Å². The van der Waals surface area contributed by atoms with E-state index in [4.69, 9.17) is 11.1 Å². The van der Waals surface area contributed by atoms with Crippen molar-refractivity contribution in [3.8, 4) is 22.4 Å². The van der Waals surface area contributed by atoms with Crippen molar-refractivity contribution in [1.82, 2.24) is 19.3 Å². The third-order valence-electron chi connectivity index (χ3n) is 5.82. The number of nitrogens with two attached hydrogens (primary N) is 1. The van der Waals surface area contributed by atoms with E-state index in [1.807, 2.05) is 43.6 Å². The Hall–Kier alpha value is -4.73. The summed E-state index contributed by atoms with van der Waals surface area (Å²) in [6.07, 6.45) is 4.50. The highest BCUT2D eigenvalue weighted by Gasteiger charge is 2.26. The number of hydrogen-bond donors (Lipinski definition) is 3. The van der Waals surface area contributed by atoms with Crippen LogP contribution in [0.4, 0.5) is 5.69 Å². The number of carbonyl (C=O) groups is 1. The van der Waals surface area contributed by atoms with E-state index < -0.39 is 0 Å². The van der Waals surface area contributed by atoms with Crippen LogP contribution < -0.4 is 16.2 Å². The number of fused-ring (bicyclic) bond motifs is 1. The van der Waals surface area contributed by atoms with Crippen molar-refractivity contribution in [3.05, 3.63) is 82.7 Å². The van der Waals surface area contributed by atoms with Gasteiger partial charge in [0.1, 0.15) is 17.9 Å². The van der Waals surface area contributed by atoms with E-state index in [1.54, 1.807) is 27.9 Å². The molecule has 0 spiro atoms. The first-order valence-electron chi connectivity index (χ1n) is 10.6. The summed E-state index contributed by atoms with van der Waals surface area (Å²) < 4.78 is 3.20. The Morgan fingerprint density at radius 3 is 2.74 bits per heavy atom. The average molecular weight is 454 g/mol. The van der Waals surface area contributed by atoms with E-state index in [9.17, 15) is 9.59 Å². The van der Waals surface area contributed by atoms with Gasteiger partial charge in [0, 0.05) is 60.5 Å². The quantitative estimate of drug-likeness (QED) is 0.314. The molecule has 4 aromatic rings. The van der Waals surface area contributed by atoms with E-state index in [1.165, 1.54) is 10.6 Å². The summed E-state index contributed by atoms with van der Waals surface area (Å²) in [5, 5.41) is 11.5. The number of nitrogens with zero attached hydrogens (tertiary/aromatic N) is 5. The Labute approximate surface area is 194 Å². The van der Waals surface area contributed by atoms with Gasteiger partial charge in [0.15, 0.2) is 0 Å².